The zero-order valence-electron chi connectivity index (χ0n) is 12.6. The van der Waals surface area contributed by atoms with Crippen LogP contribution in [0.25, 0.3) is 22.1 Å². The van der Waals surface area contributed by atoms with Gasteiger partial charge in [0.25, 0.3) is 0 Å². The minimum atomic E-state index is -0.380. The number of rotatable bonds is 1. The van der Waals surface area contributed by atoms with Crippen molar-refractivity contribution in [3.05, 3.63) is 68.7 Å². The molecule has 0 aliphatic rings. The molecule has 0 atom stereocenters. The van der Waals surface area contributed by atoms with E-state index in [4.69, 9.17) is 4.42 Å². The lowest BCUT2D eigenvalue weighted by molar-refractivity contribution is 0.555. The quantitative estimate of drug-likeness (QED) is 0.520. The summed E-state index contributed by atoms with van der Waals surface area (Å²) in [5.74, 6) is -0.304. The van der Waals surface area contributed by atoms with Crippen molar-refractivity contribution >= 4 is 26.9 Å². The minimum Gasteiger partial charge on any atom is -0.422 e. The first-order valence-electron chi connectivity index (χ1n) is 7.05. The largest absolute Gasteiger partial charge is 0.422 e. The summed E-state index contributed by atoms with van der Waals surface area (Å²) in [6, 6.07) is 11.6. The lowest BCUT2D eigenvalue weighted by Crippen LogP contribution is -2.05. The lowest BCUT2D eigenvalue weighted by Gasteiger charge is -2.09. The van der Waals surface area contributed by atoms with Gasteiger partial charge >= 0.3 is 5.63 Å². The highest BCUT2D eigenvalue weighted by Gasteiger charge is 2.13. The van der Waals surface area contributed by atoms with E-state index in [2.05, 4.69) is 15.9 Å². The number of fused-ring (bicyclic) bond motifs is 1. The highest BCUT2D eigenvalue weighted by molar-refractivity contribution is 9.10. The molecular weight excluding hydrogens is 347 g/mol. The first-order valence-corrected chi connectivity index (χ1v) is 7.84. The third kappa shape index (κ3) is 3.12. The van der Waals surface area contributed by atoms with Gasteiger partial charge in [-0.05, 0) is 42.8 Å². The molecule has 1 heterocycles. The summed E-state index contributed by atoms with van der Waals surface area (Å²) >= 11 is 3.35. The Morgan fingerprint density at radius 3 is 2.32 bits per heavy atom. The van der Waals surface area contributed by atoms with E-state index in [0.29, 0.717) is 11.1 Å². The second-order valence-corrected chi connectivity index (χ2v) is 5.45. The summed E-state index contributed by atoms with van der Waals surface area (Å²) in [4.78, 5) is 11.9. The Morgan fingerprint density at radius 1 is 1.05 bits per heavy atom. The zero-order chi connectivity index (χ0) is 16.3. The van der Waals surface area contributed by atoms with Crippen LogP contribution in [0.3, 0.4) is 0 Å². The molecule has 0 bridgehead atoms. The van der Waals surface area contributed by atoms with Gasteiger partial charge in [0.1, 0.15) is 11.4 Å². The molecule has 0 radical (unpaired) electrons. The summed E-state index contributed by atoms with van der Waals surface area (Å²) in [7, 11) is 0. The van der Waals surface area contributed by atoms with E-state index in [1.54, 1.807) is 25.1 Å². The second kappa shape index (κ2) is 6.88. The lowest BCUT2D eigenvalue weighted by atomic mass is 9.98. The minimum absolute atomic E-state index is 0.304. The third-order valence-corrected chi connectivity index (χ3v) is 3.72. The summed E-state index contributed by atoms with van der Waals surface area (Å²) < 4.78 is 19.2. The highest BCUT2D eigenvalue weighted by atomic mass is 79.9. The number of hydrogen-bond acceptors (Lipinski definition) is 2. The Labute approximate surface area is 136 Å². The van der Waals surface area contributed by atoms with Gasteiger partial charge in [0.2, 0.25) is 0 Å². The molecule has 2 nitrogen and oxygen atoms in total. The molecule has 22 heavy (non-hydrogen) atoms. The molecule has 3 rings (SSSR count). The topological polar surface area (TPSA) is 30.2 Å². The summed E-state index contributed by atoms with van der Waals surface area (Å²) in [5.41, 5.74) is 2.23. The van der Waals surface area contributed by atoms with E-state index in [-0.39, 0.29) is 11.4 Å². The Kier molecular flexibility index (Phi) is 5.14. The van der Waals surface area contributed by atoms with Crippen molar-refractivity contribution in [3.8, 4) is 11.1 Å². The molecule has 0 unspecified atom stereocenters. The smallest absolute Gasteiger partial charge is 0.339 e. The monoisotopic (exact) mass is 362 g/mol. The van der Waals surface area contributed by atoms with Crippen LogP contribution in [0.2, 0.25) is 0 Å². The molecule has 0 fully saturated rings. The second-order valence-electron chi connectivity index (χ2n) is 4.54. The Bertz CT molecular complexity index is 851. The van der Waals surface area contributed by atoms with Gasteiger partial charge in [-0.2, -0.15) is 0 Å². The summed E-state index contributed by atoms with van der Waals surface area (Å²) in [5, 5.41) is 0.830. The van der Waals surface area contributed by atoms with Crippen LogP contribution >= 0.6 is 15.9 Å². The van der Waals surface area contributed by atoms with Gasteiger partial charge in [0.05, 0.1) is 0 Å². The fraction of sp³-hybridized carbons (Fsp3) is 0.167. The van der Waals surface area contributed by atoms with E-state index in [9.17, 15) is 9.18 Å². The predicted octanol–water partition coefficient (Wildman–Crippen LogP) is 5.70. The maximum absolute atomic E-state index is 13.1. The maximum atomic E-state index is 13.1. The van der Waals surface area contributed by atoms with Gasteiger partial charge in [-0.1, -0.05) is 41.9 Å². The molecule has 0 saturated carbocycles. The van der Waals surface area contributed by atoms with Crippen LogP contribution in [0, 0.1) is 12.7 Å². The molecule has 1 aromatic heterocycles. The molecule has 0 N–H and O–H groups in total. The highest BCUT2D eigenvalue weighted by Crippen LogP contribution is 2.31. The third-order valence-electron chi connectivity index (χ3n) is 3.23. The average molecular weight is 363 g/mol. The molecule has 114 valence electrons. The predicted molar refractivity (Wildman–Crippen MR) is 91.7 cm³/mol. The standard InChI is InChI=1S/C16H10BrFO2.C2H6/c1-9-15(10-2-5-12(18)6-3-10)13-7-4-11(17)8-14(13)20-16(9)19;1-2/h2-8H,1H3;1-2H3. The van der Waals surface area contributed by atoms with Gasteiger partial charge in [0, 0.05) is 21.0 Å². The van der Waals surface area contributed by atoms with E-state index in [0.717, 1.165) is 21.0 Å². The maximum Gasteiger partial charge on any atom is 0.339 e. The van der Waals surface area contributed by atoms with Crippen LogP contribution in [0.5, 0.6) is 0 Å². The first kappa shape index (κ1) is 16.4. The number of halogens is 2. The first-order chi connectivity index (χ1) is 10.6. The number of benzene rings is 2. The average Bonchev–Trinajstić information content (AvgIpc) is 2.52. The normalized spacial score (nSPS) is 10.2. The van der Waals surface area contributed by atoms with Crippen molar-refractivity contribution in [2.45, 2.75) is 20.8 Å². The zero-order valence-corrected chi connectivity index (χ0v) is 14.2. The van der Waals surface area contributed by atoms with Crippen molar-refractivity contribution in [3.63, 3.8) is 0 Å². The van der Waals surface area contributed by atoms with Gasteiger partial charge in [-0.15, -0.1) is 0 Å². The van der Waals surface area contributed by atoms with E-state index < -0.39 is 0 Å². The van der Waals surface area contributed by atoms with Crippen molar-refractivity contribution in [2.75, 3.05) is 0 Å². The van der Waals surface area contributed by atoms with Gasteiger partial charge in [0.15, 0.2) is 0 Å². The van der Waals surface area contributed by atoms with Gasteiger partial charge < -0.3 is 4.42 Å². The van der Waals surface area contributed by atoms with Crippen LogP contribution in [0.15, 0.2) is 56.1 Å². The number of hydrogen-bond donors (Lipinski definition) is 0. The summed E-state index contributed by atoms with van der Waals surface area (Å²) in [6.07, 6.45) is 0. The Balaban J connectivity index is 0.000000847. The van der Waals surface area contributed by atoms with Crippen LogP contribution < -0.4 is 5.63 Å². The van der Waals surface area contributed by atoms with Crippen LogP contribution in [0.1, 0.15) is 19.4 Å². The Morgan fingerprint density at radius 2 is 1.68 bits per heavy atom. The van der Waals surface area contributed by atoms with Crippen molar-refractivity contribution in [1.29, 1.82) is 0 Å². The molecule has 3 aromatic rings. The van der Waals surface area contributed by atoms with E-state index in [1.807, 2.05) is 26.0 Å². The molecular formula is C18H16BrFO2. The molecule has 4 heteroatoms. The molecule has 0 spiro atoms. The molecule has 0 amide bonds. The Hall–Kier alpha value is -1.94. The van der Waals surface area contributed by atoms with Crippen molar-refractivity contribution < 1.29 is 8.81 Å². The molecule has 0 saturated heterocycles. The summed E-state index contributed by atoms with van der Waals surface area (Å²) in [6.45, 7) is 5.71. The SMILES string of the molecule is CC.Cc1c(-c2ccc(F)cc2)c2ccc(Br)cc2oc1=O. The van der Waals surface area contributed by atoms with Crippen molar-refractivity contribution in [1.82, 2.24) is 0 Å². The van der Waals surface area contributed by atoms with E-state index in [1.165, 1.54) is 12.1 Å². The fourth-order valence-electron chi connectivity index (χ4n) is 2.26. The van der Waals surface area contributed by atoms with Crippen molar-refractivity contribution in [2.24, 2.45) is 0 Å². The van der Waals surface area contributed by atoms with Crippen LogP contribution in [-0.2, 0) is 0 Å². The van der Waals surface area contributed by atoms with Gasteiger partial charge in [-0.25, -0.2) is 9.18 Å². The fourth-order valence-corrected chi connectivity index (χ4v) is 2.60. The van der Waals surface area contributed by atoms with Crippen LogP contribution in [0.4, 0.5) is 4.39 Å². The molecule has 0 aliphatic heterocycles. The molecule has 0 aliphatic carbocycles. The molecule has 2 aromatic carbocycles. The van der Waals surface area contributed by atoms with Gasteiger partial charge in [-0.3, -0.25) is 0 Å². The van der Waals surface area contributed by atoms with E-state index >= 15 is 0 Å². The van der Waals surface area contributed by atoms with Crippen LogP contribution in [-0.4, -0.2) is 0 Å².